The zero-order valence-electron chi connectivity index (χ0n) is 26.2. The number of nitrogens with zero attached hydrogens (tertiary/aromatic N) is 2. The number of benzene rings is 3. The minimum Gasteiger partial charge on any atom is -0.433 e. The van der Waals surface area contributed by atoms with Crippen LogP contribution in [0.25, 0.3) is 10.9 Å². The van der Waals surface area contributed by atoms with Crippen LogP contribution in [-0.2, 0) is 26.0 Å². The van der Waals surface area contributed by atoms with Crippen LogP contribution < -0.4 is 14.8 Å². The standard InChI is InChI=1S/C34H42N4O7S/c1-34(2,35-25-32(39)27-7-6-8-28(23-27)36-46(41,42)30-9-4-3-5-10-30)14-16-38-15-13-26-24-29(11-12-31(26)38)45-33(40)44-22-19-37-17-20-43-21-18-37/h3-13,15,23-24,32,35-36,39H,14,16-22,25H2,1-2H3/t32-/m0/s1. The van der Waals surface area contributed by atoms with Crippen molar-refractivity contribution in [2.75, 3.05) is 50.7 Å². The van der Waals surface area contributed by atoms with Gasteiger partial charge in [-0.1, -0.05) is 30.3 Å². The van der Waals surface area contributed by atoms with Crippen molar-refractivity contribution >= 4 is 32.8 Å². The number of hydrogen-bond acceptors (Lipinski definition) is 9. The van der Waals surface area contributed by atoms with Gasteiger partial charge in [0.1, 0.15) is 12.4 Å². The Balaban J connectivity index is 1.09. The molecule has 2 heterocycles. The Bertz CT molecular complexity index is 1700. The molecule has 0 amide bonds. The molecule has 246 valence electrons. The molecule has 1 atom stereocenters. The monoisotopic (exact) mass is 650 g/mol. The van der Waals surface area contributed by atoms with E-state index in [-0.39, 0.29) is 23.6 Å². The molecule has 46 heavy (non-hydrogen) atoms. The second-order valence-electron chi connectivity index (χ2n) is 12.0. The normalized spacial score (nSPS) is 15.0. The lowest BCUT2D eigenvalue weighted by Crippen LogP contribution is -2.42. The number of morpholine rings is 1. The Hall–Kier alpha value is -3.94. The fraction of sp³-hybridized carbons (Fsp3) is 0.382. The molecule has 1 aliphatic heterocycles. The molecule has 1 fully saturated rings. The minimum atomic E-state index is -3.73. The fourth-order valence-corrected chi connectivity index (χ4v) is 6.32. The highest BCUT2D eigenvalue weighted by Gasteiger charge is 2.21. The predicted molar refractivity (Wildman–Crippen MR) is 177 cm³/mol. The molecule has 0 bridgehead atoms. The summed E-state index contributed by atoms with van der Waals surface area (Å²) in [6, 6.07) is 22.4. The molecule has 0 aliphatic carbocycles. The summed E-state index contributed by atoms with van der Waals surface area (Å²) in [7, 11) is -3.73. The van der Waals surface area contributed by atoms with E-state index in [1.807, 2.05) is 24.4 Å². The van der Waals surface area contributed by atoms with Crippen LogP contribution in [0.2, 0.25) is 0 Å². The van der Waals surface area contributed by atoms with Gasteiger partial charge < -0.3 is 29.2 Å². The number of nitrogens with one attached hydrogen (secondary N) is 2. The Morgan fingerprint density at radius 1 is 1.00 bits per heavy atom. The molecule has 1 aliphatic rings. The number of rotatable bonds is 14. The van der Waals surface area contributed by atoms with Gasteiger partial charge in [0.25, 0.3) is 10.0 Å². The Kier molecular flexibility index (Phi) is 11.0. The second-order valence-corrected chi connectivity index (χ2v) is 13.6. The third-order valence-electron chi connectivity index (χ3n) is 8.00. The molecule has 3 aromatic carbocycles. The SMILES string of the molecule is CC(C)(CCn1ccc2cc(OC(=O)OCCN3CCOCC3)ccc21)NC[C@H](O)c1cccc(NS(=O)(=O)c2ccccc2)c1. The van der Waals surface area contributed by atoms with E-state index in [1.165, 1.54) is 12.1 Å². The third-order valence-corrected chi connectivity index (χ3v) is 9.40. The molecule has 0 saturated carbocycles. The van der Waals surface area contributed by atoms with E-state index in [0.29, 0.717) is 36.8 Å². The van der Waals surface area contributed by atoms with Crippen LogP contribution in [0.3, 0.4) is 0 Å². The molecule has 1 aromatic heterocycles. The van der Waals surface area contributed by atoms with Crippen molar-refractivity contribution in [3.05, 3.63) is 90.6 Å². The minimum absolute atomic E-state index is 0.170. The number of aliphatic hydroxyl groups is 1. The lowest BCUT2D eigenvalue weighted by molar-refractivity contribution is 0.0240. The lowest BCUT2D eigenvalue weighted by Gasteiger charge is -2.28. The molecular formula is C34H42N4O7S. The smallest absolute Gasteiger partial charge is 0.433 e. The van der Waals surface area contributed by atoms with E-state index in [1.54, 1.807) is 48.5 Å². The largest absolute Gasteiger partial charge is 0.513 e. The van der Waals surface area contributed by atoms with Crippen LogP contribution in [0.1, 0.15) is 31.9 Å². The van der Waals surface area contributed by atoms with Crippen molar-refractivity contribution in [2.45, 2.75) is 43.4 Å². The van der Waals surface area contributed by atoms with E-state index >= 15 is 0 Å². The summed E-state index contributed by atoms with van der Waals surface area (Å²) < 4.78 is 46.1. The van der Waals surface area contributed by atoms with Gasteiger partial charge in [0, 0.05) is 61.0 Å². The third kappa shape index (κ3) is 9.30. The van der Waals surface area contributed by atoms with E-state index < -0.39 is 22.3 Å². The summed E-state index contributed by atoms with van der Waals surface area (Å²) in [6.07, 6.45) is 1.22. The molecule has 1 saturated heterocycles. The van der Waals surface area contributed by atoms with Crippen LogP contribution >= 0.6 is 0 Å². The summed E-state index contributed by atoms with van der Waals surface area (Å²) >= 11 is 0. The second kappa shape index (κ2) is 15.1. The van der Waals surface area contributed by atoms with Gasteiger partial charge in [-0.25, -0.2) is 13.2 Å². The summed E-state index contributed by atoms with van der Waals surface area (Å²) in [4.78, 5) is 14.5. The highest BCUT2D eigenvalue weighted by molar-refractivity contribution is 7.92. The Labute approximate surface area is 270 Å². The van der Waals surface area contributed by atoms with Gasteiger partial charge in [-0.15, -0.1) is 0 Å². The zero-order valence-corrected chi connectivity index (χ0v) is 27.0. The topological polar surface area (TPSA) is 131 Å². The number of aliphatic hydroxyl groups excluding tert-OH is 1. The number of hydrogen-bond donors (Lipinski definition) is 3. The van der Waals surface area contributed by atoms with E-state index in [2.05, 4.69) is 33.4 Å². The number of sulfonamides is 1. The first kappa shape index (κ1) is 33.4. The summed E-state index contributed by atoms with van der Waals surface area (Å²) in [5, 5.41) is 15.3. The van der Waals surface area contributed by atoms with Crippen molar-refractivity contribution in [1.29, 1.82) is 0 Å². The Morgan fingerprint density at radius 2 is 1.78 bits per heavy atom. The summed E-state index contributed by atoms with van der Waals surface area (Å²) in [5.74, 6) is 0.426. The van der Waals surface area contributed by atoms with Crippen LogP contribution in [0.5, 0.6) is 5.75 Å². The highest BCUT2D eigenvalue weighted by atomic mass is 32.2. The first-order chi connectivity index (χ1) is 22.1. The number of anilines is 1. The van der Waals surface area contributed by atoms with Crippen molar-refractivity contribution in [3.8, 4) is 5.75 Å². The van der Waals surface area contributed by atoms with Gasteiger partial charge in [0.05, 0.1) is 24.2 Å². The van der Waals surface area contributed by atoms with Crippen molar-refractivity contribution in [2.24, 2.45) is 0 Å². The number of carbonyl (C=O) groups is 1. The van der Waals surface area contributed by atoms with Gasteiger partial charge in [-0.3, -0.25) is 9.62 Å². The molecular weight excluding hydrogens is 608 g/mol. The molecule has 3 N–H and O–H groups in total. The maximum atomic E-state index is 12.7. The average molecular weight is 651 g/mol. The van der Waals surface area contributed by atoms with E-state index in [0.717, 1.165) is 37.0 Å². The number of β-amino-alcohol motifs (C(OH)–C–C–N with tert-alkyl or cyclic N) is 1. The Morgan fingerprint density at radius 3 is 2.57 bits per heavy atom. The molecule has 5 rings (SSSR count). The number of aryl methyl sites for hydroxylation is 1. The first-order valence-corrected chi connectivity index (χ1v) is 16.9. The van der Waals surface area contributed by atoms with Crippen molar-refractivity contribution in [1.82, 2.24) is 14.8 Å². The van der Waals surface area contributed by atoms with Gasteiger partial charge in [0.15, 0.2) is 0 Å². The number of fused-ring (bicyclic) bond motifs is 1. The van der Waals surface area contributed by atoms with Crippen molar-refractivity contribution < 1.29 is 32.5 Å². The number of carbonyl (C=O) groups excluding carboxylic acids is 1. The van der Waals surface area contributed by atoms with Crippen LogP contribution in [0, 0.1) is 0 Å². The van der Waals surface area contributed by atoms with E-state index in [9.17, 15) is 18.3 Å². The summed E-state index contributed by atoms with van der Waals surface area (Å²) in [5.41, 5.74) is 1.69. The number of ether oxygens (including phenoxy) is 3. The van der Waals surface area contributed by atoms with Crippen molar-refractivity contribution in [3.63, 3.8) is 0 Å². The maximum absolute atomic E-state index is 12.7. The maximum Gasteiger partial charge on any atom is 0.513 e. The molecule has 4 aromatic rings. The molecule has 0 radical (unpaired) electrons. The summed E-state index contributed by atoms with van der Waals surface area (Å²) in [6.45, 7) is 9.14. The fourth-order valence-electron chi connectivity index (χ4n) is 5.25. The average Bonchev–Trinajstić information content (AvgIpc) is 3.46. The molecule has 12 heteroatoms. The van der Waals surface area contributed by atoms with Crippen LogP contribution in [-0.4, -0.2) is 80.7 Å². The zero-order chi connectivity index (χ0) is 32.6. The lowest BCUT2D eigenvalue weighted by atomic mass is 9.99. The van der Waals surface area contributed by atoms with E-state index in [4.69, 9.17) is 14.2 Å². The van der Waals surface area contributed by atoms with Crippen LogP contribution in [0.15, 0.2) is 90.0 Å². The highest BCUT2D eigenvalue weighted by Crippen LogP contribution is 2.25. The van der Waals surface area contributed by atoms with Gasteiger partial charge >= 0.3 is 6.16 Å². The van der Waals surface area contributed by atoms with Gasteiger partial charge in [-0.2, -0.15) is 0 Å². The quantitative estimate of drug-likeness (QED) is 0.130. The number of aromatic nitrogens is 1. The van der Waals surface area contributed by atoms with Gasteiger partial charge in [-0.05, 0) is 74.4 Å². The molecule has 0 spiro atoms. The van der Waals surface area contributed by atoms with Gasteiger partial charge in [0.2, 0.25) is 0 Å². The molecule has 0 unspecified atom stereocenters. The molecule has 11 nitrogen and oxygen atoms in total. The van der Waals surface area contributed by atoms with Crippen LogP contribution in [0.4, 0.5) is 10.5 Å². The first-order valence-electron chi connectivity index (χ1n) is 15.4. The predicted octanol–water partition coefficient (Wildman–Crippen LogP) is 4.78.